The number of hydrogen-bond acceptors (Lipinski definition) is 4. The lowest BCUT2D eigenvalue weighted by Crippen LogP contribution is -2.41. The SMILES string of the molecule is CCC[N+]1(C)CCC(C)C1.O=S(=O)([N-]S(=O)(=O)C(F)(F)F)C(F)(F)F. The number of likely N-dealkylation sites (tertiary alicyclic amines) is 1. The van der Waals surface area contributed by atoms with Gasteiger partial charge in [0.15, 0.2) is 20.0 Å². The summed E-state index contributed by atoms with van der Waals surface area (Å²) in [6.45, 7) is 8.86. The van der Waals surface area contributed by atoms with Gasteiger partial charge in [0.1, 0.15) is 0 Å². The average Bonchev–Trinajstić information content (AvgIpc) is 2.66. The zero-order valence-corrected chi connectivity index (χ0v) is 15.4. The highest BCUT2D eigenvalue weighted by Crippen LogP contribution is 2.36. The van der Waals surface area contributed by atoms with Gasteiger partial charge < -0.3 is 8.61 Å². The summed E-state index contributed by atoms with van der Waals surface area (Å²) in [7, 11) is -11.0. The van der Waals surface area contributed by atoms with Crippen molar-refractivity contribution in [2.24, 2.45) is 5.92 Å². The third-order valence-corrected chi connectivity index (χ3v) is 6.20. The van der Waals surface area contributed by atoms with E-state index >= 15 is 0 Å². The molecule has 0 amide bonds. The number of alkyl halides is 6. The Bertz CT molecular complexity index is 598. The van der Waals surface area contributed by atoms with E-state index in [-0.39, 0.29) is 0 Å². The minimum atomic E-state index is -6.72. The smallest absolute Gasteiger partial charge is 0.421 e. The van der Waals surface area contributed by atoms with Crippen LogP contribution in [0.1, 0.15) is 26.7 Å². The zero-order chi connectivity index (χ0) is 20.3. The normalized spacial score (nSPS) is 25.4. The molecule has 2 unspecified atom stereocenters. The largest absolute Gasteiger partial charge is 0.480 e. The molecule has 1 aliphatic heterocycles. The van der Waals surface area contributed by atoms with Crippen molar-refractivity contribution < 1.29 is 47.7 Å². The minimum absolute atomic E-state index is 0.778. The average molecular weight is 422 g/mol. The Kier molecular flexibility index (Phi) is 7.77. The van der Waals surface area contributed by atoms with Crippen LogP contribution in [-0.4, -0.2) is 59.0 Å². The molecule has 6 nitrogen and oxygen atoms in total. The fourth-order valence-corrected chi connectivity index (χ4v) is 4.13. The van der Waals surface area contributed by atoms with Crippen LogP contribution in [0.4, 0.5) is 26.3 Å². The highest BCUT2D eigenvalue weighted by atomic mass is 32.3. The van der Waals surface area contributed by atoms with E-state index in [0.29, 0.717) is 0 Å². The van der Waals surface area contributed by atoms with E-state index < -0.39 is 31.1 Å². The maximum Gasteiger partial charge on any atom is 0.480 e. The van der Waals surface area contributed by atoms with Gasteiger partial charge in [0.05, 0.1) is 26.7 Å². The van der Waals surface area contributed by atoms with E-state index in [1.54, 1.807) is 0 Å². The van der Waals surface area contributed by atoms with E-state index in [1.807, 2.05) is 0 Å². The number of halogens is 6. The maximum atomic E-state index is 11.4. The van der Waals surface area contributed by atoms with Crippen LogP contribution >= 0.6 is 0 Å². The van der Waals surface area contributed by atoms with Gasteiger partial charge in [-0.05, 0) is 6.42 Å². The molecule has 0 aromatic heterocycles. The van der Waals surface area contributed by atoms with Crippen LogP contribution < -0.4 is 0 Å². The van der Waals surface area contributed by atoms with Crippen molar-refractivity contribution in [3.63, 3.8) is 0 Å². The molecule has 152 valence electrons. The van der Waals surface area contributed by atoms with E-state index in [1.165, 1.54) is 37.0 Å². The molecule has 0 bridgehead atoms. The molecular weight excluding hydrogens is 402 g/mol. The molecule has 25 heavy (non-hydrogen) atoms. The number of nitrogens with zero attached hydrogens (tertiary/aromatic N) is 2. The van der Waals surface area contributed by atoms with Gasteiger partial charge in [0, 0.05) is 12.3 Å². The van der Waals surface area contributed by atoms with Gasteiger partial charge in [-0.2, -0.15) is 26.3 Å². The minimum Gasteiger partial charge on any atom is -0.421 e. The molecule has 1 fully saturated rings. The van der Waals surface area contributed by atoms with Crippen LogP contribution in [0.25, 0.3) is 4.13 Å². The third kappa shape index (κ3) is 7.27. The van der Waals surface area contributed by atoms with Crippen molar-refractivity contribution in [2.75, 3.05) is 26.7 Å². The van der Waals surface area contributed by atoms with Crippen LogP contribution in [0.5, 0.6) is 0 Å². The molecule has 0 spiro atoms. The maximum absolute atomic E-state index is 11.4. The molecule has 0 saturated carbocycles. The third-order valence-electron chi connectivity index (χ3n) is 3.46. The fourth-order valence-electron chi connectivity index (χ4n) is 2.42. The van der Waals surface area contributed by atoms with Crippen molar-refractivity contribution >= 4 is 20.0 Å². The van der Waals surface area contributed by atoms with Crippen LogP contribution in [0.2, 0.25) is 0 Å². The van der Waals surface area contributed by atoms with E-state index in [4.69, 9.17) is 0 Å². The van der Waals surface area contributed by atoms with Crippen LogP contribution in [0.3, 0.4) is 0 Å². The second kappa shape index (κ2) is 7.96. The molecule has 1 rings (SSSR count). The summed E-state index contributed by atoms with van der Waals surface area (Å²) in [6, 6.07) is 0. The van der Waals surface area contributed by atoms with Gasteiger partial charge in [-0.1, -0.05) is 13.8 Å². The fraction of sp³-hybridized carbons (Fsp3) is 1.00. The Morgan fingerprint density at radius 1 is 1.00 bits per heavy atom. The van der Waals surface area contributed by atoms with Gasteiger partial charge in [0.2, 0.25) is 0 Å². The lowest BCUT2D eigenvalue weighted by Gasteiger charge is -2.28. The summed E-state index contributed by atoms with van der Waals surface area (Å²) in [5.41, 5.74) is -12.4. The second-order valence-corrected chi connectivity index (χ2v) is 9.48. The number of quaternary nitrogens is 1. The topological polar surface area (TPSA) is 82.4 Å². The first-order valence-corrected chi connectivity index (χ1v) is 9.95. The van der Waals surface area contributed by atoms with Crippen molar-refractivity contribution in [1.29, 1.82) is 0 Å². The Balaban J connectivity index is 0.000000496. The molecule has 14 heteroatoms. The number of sulfonamides is 2. The molecule has 0 N–H and O–H groups in total. The Hall–Kier alpha value is -0.600. The molecule has 1 heterocycles. The molecule has 1 aliphatic rings. The Morgan fingerprint density at radius 3 is 1.64 bits per heavy atom. The highest BCUT2D eigenvalue weighted by Gasteiger charge is 2.46. The van der Waals surface area contributed by atoms with E-state index in [2.05, 4.69) is 20.9 Å². The quantitative estimate of drug-likeness (QED) is 0.515. The highest BCUT2D eigenvalue weighted by molar-refractivity contribution is 8.13. The molecule has 0 radical (unpaired) electrons. The summed E-state index contributed by atoms with van der Waals surface area (Å²) in [4.78, 5) is 0. The first-order chi connectivity index (χ1) is 10.9. The van der Waals surface area contributed by atoms with Crippen molar-refractivity contribution in [3.05, 3.63) is 4.13 Å². The van der Waals surface area contributed by atoms with Gasteiger partial charge in [-0.25, -0.2) is 16.8 Å². The second-order valence-electron chi connectivity index (χ2n) is 6.06. The predicted molar refractivity (Wildman–Crippen MR) is 78.2 cm³/mol. The Morgan fingerprint density at radius 2 is 1.40 bits per heavy atom. The lowest BCUT2D eigenvalue weighted by atomic mass is 10.2. The standard InChI is InChI=1S/C9H20N.C2F6NO4S2/c1-4-6-10(3)7-5-9(2)8-10;3-1(4,5)14(10,11)9-15(12,13)2(6,7)8/h9H,4-8H2,1-3H3;/q+1;-1. The van der Waals surface area contributed by atoms with E-state index in [9.17, 15) is 43.2 Å². The molecule has 0 aromatic rings. The molecule has 2 atom stereocenters. The van der Waals surface area contributed by atoms with Crippen molar-refractivity contribution in [3.8, 4) is 0 Å². The first-order valence-electron chi connectivity index (χ1n) is 7.07. The van der Waals surface area contributed by atoms with E-state index in [0.717, 1.165) is 10.0 Å². The molecule has 0 aliphatic carbocycles. The predicted octanol–water partition coefficient (Wildman–Crippen LogP) is 2.94. The van der Waals surface area contributed by atoms with Crippen LogP contribution in [0.15, 0.2) is 0 Å². The Labute approximate surface area is 142 Å². The zero-order valence-electron chi connectivity index (χ0n) is 13.7. The molecule has 1 saturated heterocycles. The summed E-state index contributed by atoms with van der Waals surface area (Å²) >= 11 is 0. The van der Waals surface area contributed by atoms with Crippen LogP contribution in [-0.2, 0) is 20.0 Å². The monoisotopic (exact) mass is 422 g/mol. The summed E-state index contributed by atoms with van der Waals surface area (Å²) in [5.74, 6) is 0.969. The first kappa shape index (κ1) is 24.4. The number of rotatable bonds is 4. The molecular formula is C11H20F6N2O4S2. The summed E-state index contributed by atoms with van der Waals surface area (Å²) in [5, 5.41) is 0. The lowest BCUT2D eigenvalue weighted by molar-refractivity contribution is -0.899. The van der Waals surface area contributed by atoms with Gasteiger partial charge in [-0.3, -0.25) is 0 Å². The van der Waals surface area contributed by atoms with Crippen molar-refractivity contribution in [2.45, 2.75) is 37.7 Å². The van der Waals surface area contributed by atoms with Gasteiger partial charge in [0.25, 0.3) is 0 Å². The van der Waals surface area contributed by atoms with Gasteiger partial charge in [-0.15, -0.1) is 0 Å². The van der Waals surface area contributed by atoms with Crippen LogP contribution in [0, 0.1) is 5.92 Å². The summed E-state index contributed by atoms with van der Waals surface area (Å²) < 4.78 is 111. The number of hydrogen-bond donors (Lipinski definition) is 0. The van der Waals surface area contributed by atoms with Crippen molar-refractivity contribution in [1.82, 2.24) is 0 Å². The molecule has 0 aromatic carbocycles. The van der Waals surface area contributed by atoms with Gasteiger partial charge >= 0.3 is 11.0 Å². The summed E-state index contributed by atoms with van der Waals surface area (Å²) in [6.07, 6.45) is 2.78.